The van der Waals surface area contributed by atoms with Crippen LogP contribution in [-0.4, -0.2) is 59.1 Å². The van der Waals surface area contributed by atoms with Gasteiger partial charge in [0.25, 0.3) is 5.91 Å². The number of hydrogen-bond acceptors (Lipinski definition) is 7. The Balaban J connectivity index is 1.74. The molecule has 0 saturated heterocycles. The lowest BCUT2D eigenvalue weighted by Gasteiger charge is -2.31. The number of nitrogens with zero attached hydrogens (tertiary/aromatic N) is 4. The van der Waals surface area contributed by atoms with Crippen molar-refractivity contribution in [2.24, 2.45) is 0 Å². The first-order chi connectivity index (χ1) is 15.7. The molecule has 1 aliphatic heterocycles. The third kappa shape index (κ3) is 4.39. The van der Waals surface area contributed by atoms with E-state index in [2.05, 4.69) is 15.3 Å². The molecular weight excluding hydrogens is 436 g/mol. The number of alkyl halides is 2. The van der Waals surface area contributed by atoms with Crippen LogP contribution in [0.1, 0.15) is 43.0 Å². The zero-order chi connectivity index (χ0) is 23.8. The van der Waals surface area contributed by atoms with Gasteiger partial charge in [0.15, 0.2) is 5.82 Å². The third-order valence-corrected chi connectivity index (χ3v) is 5.91. The smallest absolute Gasteiger partial charge is 0.342 e. The SMILES string of the molecule is CCOc1cc(C(=O)O)ccc1Nc1ncc2c(n1)N(C1CCCC1)CC(F)(F)C(=O)N2C. The largest absolute Gasteiger partial charge is 0.492 e. The average molecular weight is 461 g/mol. The van der Waals surface area contributed by atoms with Gasteiger partial charge in [0, 0.05) is 13.1 Å². The van der Waals surface area contributed by atoms with Crippen LogP contribution in [0.15, 0.2) is 24.4 Å². The molecule has 0 bridgehead atoms. The van der Waals surface area contributed by atoms with Crippen LogP contribution < -0.4 is 19.9 Å². The third-order valence-electron chi connectivity index (χ3n) is 5.91. The van der Waals surface area contributed by atoms with Gasteiger partial charge in [-0.1, -0.05) is 12.8 Å². The maximum Gasteiger partial charge on any atom is 0.342 e. The summed E-state index contributed by atoms with van der Waals surface area (Å²) >= 11 is 0. The van der Waals surface area contributed by atoms with E-state index in [4.69, 9.17) is 4.74 Å². The second kappa shape index (κ2) is 8.80. The fraction of sp³-hybridized carbons (Fsp3) is 0.455. The minimum atomic E-state index is -3.56. The Morgan fingerprint density at radius 3 is 2.73 bits per heavy atom. The lowest BCUT2D eigenvalue weighted by Crippen LogP contribution is -2.48. The molecule has 0 atom stereocenters. The van der Waals surface area contributed by atoms with E-state index in [0.717, 1.165) is 30.6 Å². The van der Waals surface area contributed by atoms with Gasteiger partial charge < -0.3 is 25.0 Å². The van der Waals surface area contributed by atoms with Crippen molar-refractivity contribution in [2.45, 2.75) is 44.6 Å². The van der Waals surface area contributed by atoms with Gasteiger partial charge >= 0.3 is 11.9 Å². The Labute approximate surface area is 189 Å². The van der Waals surface area contributed by atoms with Crippen LogP contribution in [-0.2, 0) is 4.79 Å². The van der Waals surface area contributed by atoms with Crippen molar-refractivity contribution in [3.05, 3.63) is 30.0 Å². The summed E-state index contributed by atoms with van der Waals surface area (Å²) in [6.45, 7) is 1.32. The summed E-state index contributed by atoms with van der Waals surface area (Å²) < 4.78 is 35.0. The summed E-state index contributed by atoms with van der Waals surface area (Å²) in [5.74, 6) is -5.27. The number of anilines is 4. The molecule has 33 heavy (non-hydrogen) atoms. The molecule has 2 aromatic rings. The van der Waals surface area contributed by atoms with Crippen LogP contribution in [0.5, 0.6) is 5.75 Å². The average Bonchev–Trinajstić information content (AvgIpc) is 3.30. The molecule has 0 unspecified atom stereocenters. The highest BCUT2D eigenvalue weighted by Gasteiger charge is 2.48. The van der Waals surface area contributed by atoms with Crippen molar-refractivity contribution in [3.8, 4) is 5.75 Å². The van der Waals surface area contributed by atoms with Crippen molar-refractivity contribution in [1.29, 1.82) is 0 Å². The zero-order valence-electron chi connectivity index (χ0n) is 18.3. The number of amides is 1. The number of hydrogen-bond donors (Lipinski definition) is 2. The molecule has 1 aromatic carbocycles. The minimum Gasteiger partial charge on any atom is -0.492 e. The van der Waals surface area contributed by atoms with E-state index in [0.29, 0.717) is 18.0 Å². The Hall–Kier alpha value is -3.50. The van der Waals surface area contributed by atoms with Gasteiger partial charge in [0.05, 0.1) is 30.6 Å². The molecule has 1 saturated carbocycles. The summed E-state index contributed by atoms with van der Waals surface area (Å²) in [4.78, 5) is 34.8. The first kappa shape index (κ1) is 22.7. The highest BCUT2D eigenvalue weighted by atomic mass is 19.3. The second-order valence-electron chi connectivity index (χ2n) is 8.11. The van der Waals surface area contributed by atoms with Gasteiger partial charge in [-0.15, -0.1) is 0 Å². The topological polar surface area (TPSA) is 108 Å². The van der Waals surface area contributed by atoms with Crippen LogP contribution in [0.25, 0.3) is 0 Å². The van der Waals surface area contributed by atoms with E-state index in [1.807, 2.05) is 0 Å². The number of halogens is 2. The van der Waals surface area contributed by atoms with Gasteiger partial charge in [0.1, 0.15) is 11.4 Å². The van der Waals surface area contributed by atoms with E-state index in [9.17, 15) is 23.5 Å². The monoisotopic (exact) mass is 461 g/mol. The van der Waals surface area contributed by atoms with Gasteiger partial charge in [-0.05, 0) is 38.0 Å². The quantitative estimate of drug-likeness (QED) is 0.671. The summed E-state index contributed by atoms with van der Waals surface area (Å²) in [6.07, 6.45) is 4.68. The van der Waals surface area contributed by atoms with Gasteiger partial charge in [0.2, 0.25) is 5.95 Å². The number of carboxylic acids is 1. The summed E-state index contributed by atoms with van der Waals surface area (Å²) in [5, 5.41) is 12.2. The number of ether oxygens (including phenoxy) is 1. The summed E-state index contributed by atoms with van der Waals surface area (Å²) in [6, 6.07) is 4.18. The Kier molecular flexibility index (Phi) is 6.05. The van der Waals surface area contributed by atoms with E-state index in [1.54, 1.807) is 6.92 Å². The molecule has 2 aliphatic rings. The first-order valence-electron chi connectivity index (χ1n) is 10.8. The molecule has 0 spiro atoms. The van der Waals surface area contributed by atoms with Crippen LogP contribution in [0, 0.1) is 0 Å². The normalized spacial score (nSPS) is 18.1. The molecule has 9 nitrogen and oxygen atoms in total. The molecular formula is C22H25F2N5O4. The number of aromatic nitrogens is 2. The second-order valence-corrected chi connectivity index (χ2v) is 8.11. The Bertz CT molecular complexity index is 1070. The summed E-state index contributed by atoms with van der Waals surface area (Å²) in [5.41, 5.74) is 0.695. The fourth-order valence-electron chi connectivity index (χ4n) is 4.26. The van der Waals surface area contributed by atoms with E-state index in [-0.39, 0.29) is 29.1 Å². The molecule has 176 valence electrons. The number of carboxylic acid groups (broad SMARTS) is 1. The molecule has 4 rings (SSSR count). The van der Waals surface area contributed by atoms with Crippen molar-refractivity contribution in [2.75, 3.05) is 35.3 Å². The van der Waals surface area contributed by atoms with Crippen LogP contribution in [0.3, 0.4) is 0 Å². The Morgan fingerprint density at radius 1 is 1.33 bits per heavy atom. The number of carbonyl (C=O) groups is 2. The predicted molar refractivity (Wildman–Crippen MR) is 118 cm³/mol. The molecule has 11 heteroatoms. The first-order valence-corrected chi connectivity index (χ1v) is 10.8. The van der Waals surface area contributed by atoms with Gasteiger partial charge in [-0.25, -0.2) is 9.78 Å². The number of carbonyl (C=O) groups excluding carboxylic acids is 1. The van der Waals surface area contributed by atoms with E-state index in [1.165, 1.54) is 36.3 Å². The van der Waals surface area contributed by atoms with Crippen LogP contribution in [0.4, 0.5) is 31.9 Å². The van der Waals surface area contributed by atoms with Crippen molar-refractivity contribution >= 4 is 35.0 Å². The standard InChI is InChI=1S/C22H25F2N5O4/c1-3-33-17-10-13(19(30)31)8-9-15(17)26-21-25-11-16-18(27-21)29(14-6-4-5-7-14)12-22(23,24)20(32)28(16)2/h8-11,14H,3-7,12H2,1-2H3,(H,30,31)(H,25,26,27). The van der Waals surface area contributed by atoms with Gasteiger partial charge in [-0.3, -0.25) is 4.79 Å². The number of fused-ring (bicyclic) bond motifs is 1. The maximum atomic E-state index is 14.7. The van der Waals surface area contributed by atoms with Crippen LogP contribution in [0.2, 0.25) is 0 Å². The number of rotatable bonds is 6. The lowest BCUT2D eigenvalue weighted by molar-refractivity contribution is -0.140. The number of nitrogens with one attached hydrogen (secondary N) is 1. The molecule has 1 aliphatic carbocycles. The maximum absolute atomic E-state index is 14.7. The molecule has 2 heterocycles. The van der Waals surface area contributed by atoms with Crippen molar-refractivity contribution in [1.82, 2.24) is 9.97 Å². The lowest BCUT2D eigenvalue weighted by atomic mass is 10.2. The number of benzene rings is 1. The van der Waals surface area contributed by atoms with Crippen LogP contribution >= 0.6 is 0 Å². The highest BCUT2D eigenvalue weighted by Crippen LogP contribution is 2.40. The molecule has 1 amide bonds. The van der Waals surface area contributed by atoms with E-state index >= 15 is 0 Å². The fourth-order valence-corrected chi connectivity index (χ4v) is 4.26. The van der Waals surface area contributed by atoms with Crippen molar-refractivity contribution in [3.63, 3.8) is 0 Å². The minimum absolute atomic E-state index is 0.0571. The molecule has 1 aromatic heterocycles. The van der Waals surface area contributed by atoms with E-state index < -0.39 is 24.3 Å². The Morgan fingerprint density at radius 2 is 2.06 bits per heavy atom. The predicted octanol–water partition coefficient (Wildman–Crippen LogP) is 3.68. The molecule has 0 radical (unpaired) electrons. The molecule has 1 fully saturated rings. The summed E-state index contributed by atoms with van der Waals surface area (Å²) in [7, 11) is 1.29. The van der Waals surface area contributed by atoms with Gasteiger partial charge in [-0.2, -0.15) is 13.8 Å². The highest BCUT2D eigenvalue weighted by molar-refractivity contribution is 6.02. The number of aromatic carboxylic acids is 1. The zero-order valence-corrected chi connectivity index (χ0v) is 18.3. The molecule has 2 N–H and O–H groups in total. The van der Waals surface area contributed by atoms with Crippen molar-refractivity contribution < 1.29 is 28.2 Å².